The highest BCUT2D eigenvalue weighted by Crippen LogP contribution is 2.48. The van der Waals surface area contributed by atoms with Crippen molar-refractivity contribution in [2.75, 3.05) is 20.3 Å². The van der Waals surface area contributed by atoms with E-state index in [-0.39, 0.29) is 0 Å². The second kappa shape index (κ2) is 6.46. The molecule has 0 aliphatic heterocycles. The molecule has 0 unspecified atom stereocenters. The minimum absolute atomic E-state index is 0.484. The first-order valence-electron chi connectivity index (χ1n) is 6.15. The molecule has 2 rings (SSSR count). The summed E-state index contributed by atoms with van der Waals surface area (Å²) >= 11 is 6.94. The normalized spacial score (nSPS) is 16.8. The van der Waals surface area contributed by atoms with E-state index < -0.39 is 0 Å². The van der Waals surface area contributed by atoms with E-state index in [0.717, 1.165) is 40.8 Å². The van der Waals surface area contributed by atoms with Crippen molar-refractivity contribution in [3.05, 3.63) is 26.9 Å². The maximum Gasteiger partial charge on any atom is 0.0684 e. The average Bonchev–Trinajstić information content (AvgIpc) is 3.10. The van der Waals surface area contributed by atoms with Gasteiger partial charge in [0.1, 0.15) is 0 Å². The monoisotopic (exact) mass is 376 g/mol. The summed E-state index contributed by atoms with van der Waals surface area (Å²) in [5.74, 6) is 0. The number of hydrogen-bond acceptors (Lipinski definition) is 3. The van der Waals surface area contributed by atoms with Crippen LogP contribution in [0, 0.1) is 5.41 Å². The number of halogens is 2. The maximum absolute atomic E-state index is 5.16. The van der Waals surface area contributed by atoms with Gasteiger partial charge < -0.3 is 10.1 Å². The lowest BCUT2D eigenvalue weighted by Crippen LogP contribution is -2.25. The van der Waals surface area contributed by atoms with E-state index in [4.69, 9.17) is 4.74 Å². The Kier molecular flexibility index (Phi) is 5.18. The minimum atomic E-state index is 0.484. The molecule has 1 N–H and O–H groups in total. The molecule has 0 saturated heterocycles. The Morgan fingerprint density at radius 3 is 2.83 bits per heavy atom. The van der Waals surface area contributed by atoms with Crippen LogP contribution < -0.4 is 5.32 Å². The fourth-order valence-corrected chi connectivity index (χ4v) is 3.16. The molecule has 0 aromatic carbocycles. The third-order valence-electron chi connectivity index (χ3n) is 3.47. The first-order valence-corrected chi connectivity index (χ1v) is 7.73. The Hall–Kier alpha value is 0.0300. The third kappa shape index (κ3) is 4.02. The smallest absolute Gasteiger partial charge is 0.0684 e. The van der Waals surface area contributed by atoms with Gasteiger partial charge >= 0.3 is 0 Å². The highest BCUT2D eigenvalue weighted by atomic mass is 79.9. The summed E-state index contributed by atoms with van der Waals surface area (Å²) in [5, 5.41) is 3.51. The number of pyridine rings is 1. The minimum Gasteiger partial charge on any atom is -0.385 e. The van der Waals surface area contributed by atoms with Crippen molar-refractivity contribution in [2.45, 2.75) is 25.8 Å². The molecule has 1 aromatic heterocycles. The first-order chi connectivity index (χ1) is 8.65. The van der Waals surface area contributed by atoms with Crippen LogP contribution >= 0.6 is 31.9 Å². The summed E-state index contributed by atoms with van der Waals surface area (Å²) in [6, 6.07) is 2.03. The summed E-state index contributed by atoms with van der Waals surface area (Å²) in [6.07, 6.45) is 5.63. The second-order valence-corrected chi connectivity index (χ2v) is 6.70. The molecule has 1 aliphatic carbocycles. The van der Waals surface area contributed by atoms with E-state index in [0.29, 0.717) is 5.41 Å². The van der Waals surface area contributed by atoms with Gasteiger partial charge in [-0.25, -0.2) is 0 Å². The van der Waals surface area contributed by atoms with Crippen molar-refractivity contribution in [3.8, 4) is 0 Å². The highest BCUT2D eigenvalue weighted by Gasteiger charge is 2.41. The first kappa shape index (κ1) is 14.4. The van der Waals surface area contributed by atoms with Crippen LogP contribution in [0.2, 0.25) is 0 Å². The molecule has 1 saturated carbocycles. The fourth-order valence-electron chi connectivity index (χ4n) is 2.03. The summed E-state index contributed by atoms with van der Waals surface area (Å²) < 4.78 is 7.21. The van der Waals surface area contributed by atoms with Crippen molar-refractivity contribution < 1.29 is 4.74 Å². The van der Waals surface area contributed by atoms with Gasteiger partial charge in [-0.05, 0) is 62.6 Å². The molecule has 0 spiro atoms. The van der Waals surface area contributed by atoms with Crippen molar-refractivity contribution in [1.29, 1.82) is 0 Å². The highest BCUT2D eigenvalue weighted by molar-refractivity contribution is 9.11. The lowest BCUT2D eigenvalue weighted by molar-refractivity contribution is 0.171. The van der Waals surface area contributed by atoms with Crippen molar-refractivity contribution >= 4 is 31.9 Å². The van der Waals surface area contributed by atoms with Gasteiger partial charge in [-0.2, -0.15) is 0 Å². The quantitative estimate of drug-likeness (QED) is 0.789. The second-order valence-electron chi connectivity index (χ2n) is 4.93. The van der Waals surface area contributed by atoms with Crippen LogP contribution in [0.3, 0.4) is 0 Å². The van der Waals surface area contributed by atoms with Gasteiger partial charge in [-0.1, -0.05) is 0 Å². The Labute approximate surface area is 125 Å². The van der Waals surface area contributed by atoms with Crippen LogP contribution in [-0.2, 0) is 11.3 Å². The van der Waals surface area contributed by atoms with Gasteiger partial charge in [0.05, 0.1) is 5.69 Å². The predicted molar refractivity (Wildman–Crippen MR) is 79.5 cm³/mol. The van der Waals surface area contributed by atoms with Gasteiger partial charge in [-0.15, -0.1) is 0 Å². The van der Waals surface area contributed by atoms with Gasteiger partial charge in [0.25, 0.3) is 0 Å². The summed E-state index contributed by atoms with van der Waals surface area (Å²) in [4.78, 5) is 4.40. The fraction of sp³-hybridized carbons (Fsp3) is 0.615. The van der Waals surface area contributed by atoms with E-state index in [1.165, 1.54) is 12.8 Å². The topological polar surface area (TPSA) is 34.1 Å². The number of aromatic nitrogens is 1. The van der Waals surface area contributed by atoms with Crippen LogP contribution in [0.15, 0.2) is 21.2 Å². The molecule has 3 nitrogen and oxygen atoms in total. The molecule has 1 aliphatic rings. The summed E-state index contributed by atoms with van der Waals surface area (Å²) in [5.41, 5.74) is 1.54. The lowest BCUT2D eigenvalue weighted by Gasteiger charge is -2.15. The molecule has 1 fully saturated rings. The zero-order chi connectivity index (χ0) is 13.0. The van der Waals surface area contributed by atoms with Gasteiger partial charge in [0.2, 0.25) is 0 Å². The molecular formula is C13H18Br2N2O. The average molecular weight is 378 g/mol. The van der Waals surface area contributed by atoms with Crippen LogP contribution in [0.4, 0.5) is 0 Å². The molecule has 0 radical (unpaired) electrons. The van der Waals surface area contributed by atoms with Gasteiger partial charge in [0, 0.05) is 41.9 Å². The Balaban J connectivity index is 1.78. The van der Waals surface area contributed by atoms with E-state index in [2.05, 4.69) is 42.2 Å². The zero-order valence-corrected chi connectivity index (χ0v) is 13.7. The number of nitrogens with one attached hydrogen (secondary N) is 1. The van der Waals surface area contributed by atoms with Crippen molar-refractivity contribution in [3.63, 3.8) is 0 Å². The zero-order valence-electron chi connectivity index (χ0n) is 10.5. The van der Waals surface area contributed by atoms with Crippen molar-refractivity contribution in [1.82, 2.24) is 10.3 Å². The number of nitrogens with zero attached hydrogens (tertiary/aromatic N) is 1. The molecule has 18 heavy (non-hydrogen) atoms. The molecule has 1 heterocycles. The number of ether oxygens (including phenoxy) is 1. The van der Waals surface area contributed by atoms with Crippen molar-refractivity contribution in [2.24, 2.45) is 5.41 Å². The van der Waals surface area contributed by atoms with E-state index in [1.54, 1.807) is 7.11 Å². The molecule has 0 bridgehead atoms. The molecule has 5 heteroatoms. The third-order valence-corrected chi connectivity index (χ3v) is 4.59. The Bertz CT molecular complexity index is 408. The Morgan fingerprint density at radius 1 is 1.44 bits per heavy atom. The van der Waals surface area contributed by atoms with E-state index in [1.807, 2.05) is 12.3 Å². The van der Waals surface area contributed by atoms with Gasteiger partial charge in [0.15, 0.2) is 0 Å². The van der Waals surface area contributed by atoms with Crippen LogP contribution in [-0.4, -0.2) is 25.2 Å². The molecular weight excluding hydrogens is 360 g/mol. The van der Waals surface area contributed by atoms with Crippen LogP contribution in [0.25, 0.3) is 0 Å². The largest absolute Gasteiger partial charge is 0.385 e. The molecule has 1 aromatic rings. The van der Waals surface area contributed by atoms with Crippen LogP contribution in [0.5, 0.6) is 0 Å². The maximum atomic E-state index is 5.16. The van der Waals surface area contributed by atoms with E-state index >= 15 is 0 Å². The van der Waals surface area contributed by atoms with Crippen LogP contribution in [0.1, 0.15) is 25.0 Å². The van der Waals surface area contributed by atoms with Gasteiger partial charge in [-0.3, -0.25) is 4.98 Å². The lowest BCUT2D eigenvalue weighted by atomic mass is 10.0. The SMILES string of the molecule is COCCC1(CNCc2ncc(Br)cc2Br)CC1. The standard InChI is InChI=1S/C13H18Br2N2O/c1-18-5-4-13(2-3-13)9-16-8-12-11(15)6-10(14)7-17-12/h6-7,16H,2-5,8-9H2,1H3. The number of hydrogen-bond donors (Lipinski definition) is 1. The molecule has 0 atom stereocenters. The Morgan fingerprint density at radius 2 is 2.22 bits per heavy atom. The predicted octanol–water partition coefficient (Wildman–Crippen LogP) is 3.51. The van der Waals surface area contributed by atoms with E-state index in [9.17, 15) is 0 Å². The number of methoxy groups -OCH3 is 1. The summed E-state index contributed by atoms with van der Waals surface area (Å²) in [6.45, 7) is 2.73. The molecule has 0 amide bonds. The number of rotatable bonds is 7. The summed E-state index contributed by atoms with van der Waals surface area (Å²) in [7, 11) is 1.77. The molecule has 100 valence electrons.